The topological polar surface area (TPSA) is 53.4 Å². The molecule has 5 nitrogen and oxygen atoms in total. The number of pyridine rings is 1. The van der Waals surface area contributed by atoms with Gasteiger partial charge in [-0.1, -0.05) is 24.3 Å². The van der Waals surface area contributed by atoms with Crippen LogP contribution in [0.15, 0.2) is 46.9 Å². The first-order valence-electron chi connectivity index (χ1n) is 7.83. The molecular formula is C18H22IN5S. The first kappa shape index (κ1) is 19.6. The van der Waals surface area contributed by atoms with Crippen molar-refractivity contribution in [3.05, 3.63) is 58.2 Å². The molecule has 0 unspecified atom stereocenters. The molecule has 0 fully saturated rings. The molecule has 1 N–H and O–H groups in total. The summed E-state index contributed by atoms with van der Waals surface area (Å²) in [7, 11) is 3.82. The second kappa shape index (κ2) is 9.10. The minimum atomic E-state index is 0. The Kier molecular flexibility index (Phi) is 7.12. The van der Waals surface area contributed by atoms with Crippen molar-refractivity contribution in [3.63, 3.8) is 0 Å². The molecule has 0 radical (unpaired) electrons. The summed E-state index contributed by atoms with van der Waals surface area (Å²) in [6.45, 7) is 3.44. The number of halogens is 1. The van der Waals surface area contributed by atoms with E-state index in [0.717, 1.165) is 39.7 Å². The van der Waals surface area contributed by atoms with E-state index in [1.165, 1.54) is 0 Å². The maximum atomic E-state index is 4.51. The number of para-hydroxylation sites is 1. The van der Waals surface area contributed by atoms with Crippen molar-refractivity contribution in [1.82, 2.24) is 20.2 Å². The highest BCUT2D eigenvalue weighted by atomic mass is 127. The Morgan fingerprint density at radius 2 is 2.08 bits per heavy atom. The molecular weight excluding hydrogens is 445 g/mol. The predicted octanol–water partition coefficient (Wildman–Crippen LogP) is 3.83. The molecule has 2 heterocycles. The number of aliphatic imine (C=N–C) groups is 1. The quantitative estimate of drug-likeness (QED) is 0.360. The van der Waals surface area contributed by atoms with Crippen LogP contribution in [-0.4, -0.2) is 34.9 Å². The van der Waals surface area contributed by atoms with Crippen molar-refractivity contribution in [1.29, 1.82) is 0 Å². The molecule has 0 bridgehead atoms. The Morgan fingerprint density at radius 1 is 1.28 bits per heavy atom. The van der Waals surface area contributed by atoms with E-state index < -0.39 is 0 Å². The highest BCUT2D eigenvalue weighted by Crippen LogP contribution is 2.16. The van der Waals surface area contributed by atoms with Gasteiger partial charge < -0.3 is 10.2 Å². The lowest BCUT2D eigenvalue weighted by atomic mass is 10.1. The molecule has 2 aromatic heterocycles. The van der Waals surface area contributed by atoms with Crippen molar-refractivity contribution in [2.24, 2.45) is 4.99 Å². The van der Waals surface area contributed by atoms with Crippen LogP contribution < -0.4 is 5.32 Å². The molecule has 0 aliphatic carbocycles. The molecule has 3 rings (SSSR count). The predicted molar refractivity (Wildman–Crippen MR) is 116 cm³/mol. The van der Waals surface area contributed by atoms with Gasteiger partial charge in [-0.3, -0.25) is 9.98 Å². The van der Waals surface area contributed by atoms with Gasteiger partial charge >= 0.3 is 0 Å². The van der Waals surface area contributed by atoms with Crippen LogP contribution in [0, 0.1) is 6.92 Å². The molecule has 25 heavy (non-hydrogen) atoms. The molecule has 7 heteroatoms. The van der Waals surface area contributed by atoms with Crippen LogP contribution in [-0.2, 0) is 13.1 Å². The van der Waals surface area contributed by atoms with E-state index in [1.807, 2.05) is 26.2 Å². The average Bonchev–Trinajstić information content (AvgIpc) is 3.00. The second-order valence-electron chi connectivity index (χ2n) is 5.61. The molecule has 0 saturated carbocycles. The summed E-state index contributed by atoms with van der Waals surface area (Å²) in [5.41, 5.74) is 3.25. The molecule has 0 spiro atoms. The normalized spacial score (nSPS) is 11.2. The fourth-order valence-electron chi connectivity index (χ4n) is 2.67. The van der Waals surface area contributed by atoms with Gasteiger partial charge in [0.2, 0.25) is 0 Å². The number of nitrogens with zero attached hydrogens (tertiary/aromatic N) is 4. The Labute approximate surface area is 169 Å². The van der Waals surface area contributed by atoms with Crippen molar-refractivity contribution >= 4 is 52.2 Å². The number of hydrogen-bond donors (Lipinski definition) is 1. The lowest BCUT2D eigenvalue weighted by Crippen LogP contribution is -2.38. The van der Waals surface area contributed by atoms with Gasteiger partial charge in [-0.05, 0) is 18.6 Å². The number of rotatable bonds is 4. The van der Waals surface area contributed by atoms with Gasteiger partial charge in [-0.25, -0.2) is 4.98 Å². The second-order valence-corrected chi connectivity index (χ2v) is 6.67. The first-order valence-corrected chi connectivity index (χ1v) is 8.71. The van der Waals surface area contributed by atoms with E-state index >= 15 is 0 Å². The highest BCUT2D eigenvalue weighted by molar-refractivity contribution is 14.0. The zero-order valence-corrected chi connectivity index (χ0v) is 17.7. The van der Waals surface area contributed by atoms with Crippen LogP contribution >= 0.6 is 35.3 Å². The Hall–Kier alpha value is -1.74. The summed E-state index contributed by atoms with van der Waals surface area (Å²) in [5, 5.41) is 7.74. The van der Waals surface area contributed by atoms with Gasteiger partial charge in [0, 0.05) is 37.6 Å². The lowest BCUT2D eigenvalue weighted by Gasteiger charge is -2.21. The number of aryl methyl sites for hydroxylation is 1. The van der Waals surface area contributed by atoms with Gasteiger partial charge in [0.05, 0.1) is 22.8 Å². The van der Waals surface area contributed by atoms with Crippen molar-refractivity contribution < 1.29 is 0 Å². The number of aromatic nitrogens is 2. The highest BCUT2D eigenvalue weighted by Gasteiger charge is 2.09. The van der Waals surface area contributed by atoms with Gasteiger partial charge in [-0.2, -0.15) is 0 Å². The smallest absolute Gasteiger partial charge is 0.194 e. The SMILES string of the molecule is CN=C(NCc1cccc2cccnc12)N(C)Cc1csc(C)n1.I. The molecule has 1 aromatic carbocycles. The van der Waals surface area contributed by atoms with Crippen molar-refractivity contribution in [3.8, 4) is 0 Å². The van der Waals surface area contributed by atoms with Crippen LogP contribution in [0.25, 0.3) is 10.9 Å². The maximum absolute atomic E-state index is 4.51. The Bertz CT molecular complexity index is 856. The summed E-state index contributed by atoms with van der Waals surface area (Å²) >= 11 is 1.67. The minimum absolute atomic E-state index is 0. The lowest BCUT2D eigenvalue weighted by molar-refractivity contribution is 0.470. The summed E-state index contributed by atoms with van der Waals surface area (Å²) in [6, 6.07) is 10.3. The van der Waals surface area contributed by atoms with E-state index in [9.17, 15) is 0 Å². The Morgan fingerprint density at radius 3 is 2.80 bits per heavy atom. The molecule has 0 aliphatic heterocycles. The molecule has 0 atom stereocenters. The van der Waals surface area contributed by atoms with Gasteiger partial charge in [0.15, 0.2) is 5.96 Å². The number of nitrogens with one attached hydrogen (secondary N) is 1. The zero-order valence-electron chi connectivity index (χ0n) is 14.6. The van der Waals surface area contributed by atoms with Gasteiger partial charge in [0.1, 0.15) is 0 Å². The fourth-order valence-corrected chi connectivity index (χ4v) is 3.27. The standard InChI is InChI=1S/C18H21N5S.HI/c1-13-22-16(12-24-13)11-23(3)18(19-2)21-10-15-7-4-6-14-8-5-9-20-17(14)15;/h4-9,12H,10-11H2,1-3H3,(H,19,21);1H. The van der Waals surface area contributed by atoms with Crippen LogP contribution in [0.4, 0.5) is 0 Å². The monoisotopic (exact) mass is 467 g/mol. The minimum Gasteiger partial charge on any atom is -0.352 e. The zero-order chi connectivity index (χ0) is 16.9. The third-order valence-electron chi connectivity index (χ3n) is 3.79. The Balaban J connectivity index is 0.00000225. The summed E-state index contributed by atoms with van der Waals surface area (Å²) in [4.78, 5) is 15.5. The van der Waals surface area contributed by atoms with E-state index in [0.29, 0.717) is 6.54 Å². The third-order valence-corrected chi connectivity index (χ3v) is 4.61. The van der Waals surface area contributed by atoms with Crippen LogP contribution in [0.5, 0.6) is 0 Å². The van der Waals surface area contributed by atoms with E-state index in [1.54, 1.807) is 18.4 Å². The molecule has 0 aliphatic rings. The van der Waals surface area contributed by atoms with Gasteiger partial charge in [0.25, 0.3) is 0 Å². The van der Waals surface area contributed by atoms with Crippen molar-refractivity contribution in [2.45, 2.75) is 20.0 Å². The first-order chi connectivity index (χ1) is 11.7. The number of guanidine groups is 1. The molecule has 0 amide bonds. The largest absolute Gasteiger partial charge is 0.352 e. The van der Waals surface area contributed by atoms with E-state index in [2.05, 4.69) is 54.8 Å². The molecule has 3 aromatic rings. The number of fused-ring (bicyclic) bond motifs is 1. The molecule has 0 saturated heterocycles. The molecule has 132 valence electrons. The van der Waals surface area contributed by atoms with E-state index in [4.69, 9.17) is 0 Å². The van der Waals surface area contributed by atoms with E-state index in [-0.39, 0.29) is 24.0 Å². The summed E-state index contributed by atoms with van der Waals surface area (Å²) in [5.74, 6) is 0.841. The van der Waals surface area contributed by atoms with Gasteiger partial charge in [-0.15, -0.1) is 35.3 Å². The van der Waals surface area contributed by atoms with Crippen molar-refractivity contribution in [2.75, 3.05) is 14.1 Å². The number of hydrogen-bond acceptors (Lipinski definition) is 4. The van der Waals surface area contributed by atoms with Crippen LogP contribution in [0.3, 0.4) is 0 Å². The van der Waals surface area contributed by atoms with Crippen LogP contribution in [0.1, 0.15) is 16.3 Å². The third kappa shape index (κ3) is 4.88. The number of benzene rings is 1. The summed E-state index contributed by atoms with van der Waals surface area (Å²) in [6.07, 6.45) is 1.83. The maximum Gasteiger partial charge on any atom is 0.194 e. The average molecular weight is 467 g/mol. The number of thiazole rings is 1. The fraction of sp³-hybridized carbons (Fsp3) is 0.278. The summed E-state index contributed by atoms with van der Waals surface area (Å²) < 4.78 is 0. The van der Waals surface area contributed by atoms with Crippen LogP contribution in [0.2, 0.25) is 0 Å².